The number of esters is 1. The molecule has 1 heterocycles. The zero-order chi connectivity index (χ0) is 35.4. The summed E-state index contributed by atoms with van der Waals surface area (Å²) in [5.41, 5.74) is 6.75. The number of fused-ring (bicyclic) bond motifs is 1. The first-order valence-corrected chi connectivity index (χ1v) is 15.2. The highest BCUT2D eigenvalue weighted by Gasteiger charge is 2.32. The molecule has 3 unspecified atom stereocenters. The molecule has 0 aliphatic heterocycles. The van der Waals surface area contributed by atoms with Crippen molar-refractivity contribution in [3.05, 3.63) is 82.0 Å². The number of hydrogen-bond acceptors (Lipinski definition) is 9. The fourth-order valence-corrected chi connectivity index (χ4v) is 4.91. The maximum Gasteiger partial charge on any atom is 0.408 e. The Morgan fingerprint density at radius 2 is 1.58 bits per heavy atom. The van der Waals surface area contributed by atoms with Crippen molar-refractivity contribution in [2.24, 2.45) is 5.73 Å². The number of rotatable bonds is 15. The second-order valence-electron chi connectivity index (χ2n) is 12.0. The van der Waals surface area contributed by atoms with Gasteiger partial charge in [-0.15, -0.1) is 0 Å². The predicted octanol–water partition coefficient (Wildman–Crippen LogP) is 2.16. The normalized spacial score (nSPS) is 13.0. The first kappa shape index (κ1) is 36.8. The molecule has 0 saturated carbocycles. The molecule has 3 aromatic rings. The molecule has 0 saturated heterocycles. The fourth-order valence-electron chi connectivity index (χ4n) is 4.91. The number of hydrazine groups is 1. The summed E-state index contributed by atoms with van der Waals surface area (Å²) < 4.78 is 10.3. The monoisotopic (exact) mass is 666 g/mol. The second-order valence-corrected chi connectivity index (χ2v) is 12.0. The summed E-state index contributed by atoms with van der Waals surface area (Å²) in [5, 5.41) is 27.0. The number of nitrogens with two attached hydrogens (primary N) is 1. The molecule has 48 heavy (non-hydrogen) atoms. The van der Waals surface area contributed by atoms with Crippen LogP contribution < -0.4 is 21.7 Å². The van der Waals surface area contributed by atoms with Gasteiger partial charge >= 0.3 is 12.1 Å². The summed E-state index contributed by atoms with van der Waals surface area (Å²) in [6, 6.07) is 12.6. The highest BCUT2D eigenvalue weighted by atomic mass is 16.7. The number of carbonyl (C=O) groups is 4. The predicted molar refractivity (Wildman–Crippen MR) is 176 cm³/mol. The standard InChI is InChI=1S/C32H42N8O8/c1-32(2,3)48-31(44)38-25(17-20-11-6-5-7-12-20)28(42)36-24(15-10-16-39(30(33)34)40(45)46)27(41)37-26(29(43)47-4)18-21-19-35-23-14-9-8-13-22(21)23/h5-9,11-14,19,24-26,35H,10,15-18H2,1-4H3,(H3,33,34)(H,36,42)(H,37,41)(H,38,44). The Morgan fingerprint density at radius 1 is 0.958 bits per heavy atom. The highest BCUT2D eigenvalue weighted by Crippen LogP contribution is 2.20. The molecule has 3 rings (SSSR count). The van der Waals surface area contributed by atoms with Crippen LogP contribution in [0.2, 0.25) is 0 Å². The van der Waals surface area contributed by atoms with Gasteiger partial charge in [0, 0.05) is 29.9 Å². The van der Waals surface area contributed by atoms with Gasteiger partial charge in [0.25, 0.3) is 5.96 Å². The van der Waals surface area contributed by atoms with Crippen molar-refractivity contribution in [1.82, 2.24) is 25.9 Å². The molecule has 0 fully saturated rings. The number of H-pyrrole nitrogens is 1. The van der Waals surface area contributed by atoms with E-state index in [1.807, 2.05) is 24.3 Å². The van der Waals surface area contributed by atoms with Gasteiger partial charge in [-0.2, -0.15) is 0 Å². The third kappa shape index (κ3) is 11.0. The van der Waals surface area contributed by atoms with Crippen molar-refractivity contribution in [3.63, 3.8) is 0 Å². The van der Waals surface area contributed by atoms with Gasteiger partial charge in [-0.05, 0) is 50.8 Å². The van der Waals surface area contributed by atoms with E-state index in [9.17, 15) is 29.3 Å². The Kier molecular flexibility index (Phi) is 12.8. The van der Waals surface area contributed by atoms with E-state index in [1.165, 1.54) is 7.11 Å². The molecule has 0 aliphatic rings. The third-order valence-corrected chi connectivity index (χ3v) is 7.16. The lowest BCUT2D eigenvalue weighted by Gasteiger charge is -2.26. The Hall–Kier alpha value is -5.67. The smallest absolute Gasteiger partial charge is 0.408 e. The summed E-state index contributed by atoms with van der Waals surface area (Å²) in [4.78, 5) is 67.5. The highest BCUT2D eigenvalue weighted by molar-refractivity contribution is 5.93. The number of benzene rings is 2. The molecule has 0 bridgehead atoms. The van der Waals surface area contributed by atoms with E-state index in [4.69, 9.17) is 20.6 Å². The van der Waals surface area contributed by atoms with Gasteiger partial charge in [0.15, 0.2) is 5.03 Å². The minimum atomic E-state index is -1.33. The largest absolute Gasteiger partial charge is 0.467 e. The van der Waals surface area contributed by atoms with Crippen molar-refractivity contribution >= 4 is 40.7 Å². The zero-order valence-electron chi connectivity index (χ0n) is 27.3. The van der Waals surface area contributed by atoms with E-state index in [-0.39, 0.29) is 32.2 Å². The summed E-state index contributed by atoms with van der Waals surface area (Å²) >= 11 is 0. The van der Waals surface area contributed by atoms with Crippen molar-refractivity contribution in [1.29, 1.82) is 5.41 Å². The van der Waals surface area contributed by atoms with E-state index in [1.54, 1.807) is 57.3 Å². The molecule has 3 atom stereocenters. The second kappa shape index (κ2) is 16.8. The molecule has 1 aromatic heterocycles. The van der Waals surface area contributed by atoms with Gasteiger partial charge in [-0.3, -0.25) is 15.0 Å². The topological polar surface area (TPSA) is 235 Å². The molecule has 3 amide bonds. The molecule has 16 nitrogen and oxygen atoms in total. The minimum absolute atomic E-state index is 0.0467. The number of nitrogens with zero attached hydrogens (tertiary/aromatic N) is 2. The third-order valence-electron chi connectivity index (χ3n) is 7.16. The molecule has 0 aliphatic carbocycles. The number of aromatic amines is 1. The number of para-hydroxylation sites is 1. The summed E-state index contributed by atoms with van der Waals surface area (Å²) in [5.74, 6) is -3.05. The molecular weight excluding hydrogens is 624 g/mol. The summed E-state index contributed by atoms with van der Waals surface area (Å²) in [7, 11) is 1.18. The lowest BCUT2D eigenvalue weighted by molar-refractivity contribution is -0.629. The van der Waals surface area contributed by atoms with Gasteiger partial charge in [0.05, 0.1) is 13.7 Å². The fraction of sp³-hybridized carbons (Fsp3) is 0.406. The molecule has 258 valence electrons. The molecule has 7 N–H and O–H groups in total. The van der Waals surface area contributed by atoms with Crippen LogP contribution in [0, 0.1) is 15.5 Å². The van der Waals surface area contributed by atoms with Crippen molar-refractivity contribution in [2.75, 3.05) is 13.7 Å². The Labute approximate surface area is 277 Å². The molecule has 2 aromatic carbocycles. The van der Waals surface area contributed by atoms with Crippen molar-refractivity contribution in [3.8, 4) is 0 Å². The van der Waals surface area contributed by atoms with Crippen LogP contribution in [0.25, 0.3) is 10.9 Å². The molecule has 0 spiro atoms. The van der Waals surface area contributed by atoms with E-state index in [0.717, 1.165) is 16.5 Å². The first-order valence-electron chi connectivity index (χ1n) is 15.2. The van der Waals surface area contributed by atoms with E-state index >= 15 is 0 Å². The van der Waals surface area contributed by atoms with Crippen molar-refractivity contribution < 1.29 is 33.7 Å². The number of methoxy groups -OCH3 is 1. The lowest BCUT2D eigenvalue weighted by atomic mass is 10.0. The van der Waals surface area contributed by atoms with Crippen molar-refractivity contribution in [2.45, 2.75) is 70.2 Å². The van der Waals surface area contributed by atoms with Gasteiger partial charge < -0.3 is 36.1 Å². The Bertz CT molecular complexity index is 1590. The van der Waals surface area contributed by atoms with Gasteiger partial charge in [-0.1, -0.05) is 53.5 Å². The van der Waals surface area contributed by atoms with E-state index < -0.39 is 58.6 Å². The number of aromatic nitrogens is 1. The number of carbonyl (C=O) groups excluding carboxylic acids is 4. The zero-order valence-corrected chi connectivity index (χ0v) is 27.3. The van der Waals surface area contributed by atoms with Crippen LogP contribution in [-0.2, 0) is 36.7 Å². The summed E-state index contributed by atoms with van der Waals surface area (Å²) in [6.07, 6.45) is 0.751. The number of amides is 3. The Balaban J connectivity index is 1.87. The lowest BCUT2D eigenvalue weighted by Crippen LogP contribution is -2.57. The van der Waals surface area contributed by atoms with Gasteiger partial charge in [0.1, 0.15) is 23.7 Å². The average molecular weight is 667 g/mol. The van der Waals surface area contributed by atoms with Crippen LogP contribution in [0.4, 0.5) is 4.79 Å². The number of ether oxygens (including phenoxy) is 2. The maximum atomic E-state index is 13.8. The minimum Gasteiger partial charge on any atom is -0.467 e. The molecule has 0 radical (unpaired) electrons. The quantitative estimate of drug-likeness (QED) is 0.0454. The summed E-state index contributed by atoms with van der Waals surface area (Å²) in [6.45, 7) is 4.66. The number of nitrogens with one attached hydrogen (secondary N) is 5. The number of nitro groups is 1. The number of hydrogen-bond donors (Lipinski definition) is 6. The molecular formula is C32H42N8O8. The average Bonchev–Trinajstić information content (AvgIpc) is 3.43. The van der Waals surface area contributed by atoms with Crippen LogP contribution in [0.15, 0.2) is 60.8 Å². The number of guanidine groups is 1. The maximum absolute atomic E-state index is 13.8. The van der Waals surface area contributed by atoms with Crippen LogP contribution >= 0.6 is 0 Å². The van der Waals surface area contributed by atoms with Crippen LogP contribution in [0.1, 0.15) is 44.7 Å². The SMILES string of the molecule is COC(=O)C(Cc1c[nH]c2ccccc12)NC(=O)C(CCCN(C(=N)N)[N+](=O)[O-])NC(=O)C(Cc1ccccc1)NC(=O)OC(C)(C)C. The van der Waals surface area contributed by atoms with Crippen LogP contribution in [0.3, 0.4) is 0 Å². The van der Waals surface area contributed by atoms with E-state index in [0.29, 0.717) is 10.6 Å². The van der Waals surface area contributed by atoms with Gasteiger partial charge in [-0.25, -0.2) is 19.7 Å². The molecule has 16 heteroatoms. The van der Waals surface area contributed by atoms with E-state index in [2.05, 4.69) is 20.9 Å². The van der Waals surface area contributed by atoms with Gasteiger partial charge in [0.2, 0.25) is 11.8 Å². The van der Waals surface area contributed by atoms with Crippen LogP contribution in [-0.4, -0.2) is 82.2 Å². The van der Waals surface area contributed by atoms with Crippen LogP contribution in [0.5, 0.6) is 0 Å². The Morgan fingerprint density at radius 3 is 2.21 bits per heavy atom. The number of alkyl carbamates (subject to hydrolysis) is 1. The first-order chi connectivity index (χ1) is 22.7.